The molecule has 4 aliphatic carbocycles. The van der Waals surface area contributed by atoms with Crippen LogP contribution in [0.1, 0.15) is 55.3 Å². The lowest BCUT2D eigenvalue weighted by Gasteiger charge is -2.60. The summed E-state index contributed by atoms with van der Waals surface area (Å²) in [4.78, 5) is 25.1. The van der Waals surface area contributed by atoms with E-state index in [0.29, 0.717) is 35.3 Å². The van der Waals surface area contributed by atoms with E-state index in [2.05, 4.69) is 0 Å². The molecule has 0 aliphatic heterocycles. The minimum atomic E-state index is -0.603. The van der Waals surface area contributed by atoms with Gasteiger partial charge in [-0.25, -0.2) is 0 Å². The molecule has 2 unspecified atom stereocenters. The third kappa shape index (κ3) is 3.62. The lowest BCUT2D eigenvalue weighted by molar-refractivity contribution is -0.176. The molecule has 0 amide bonds. The Morgan fingerprint density at radius 2 is 1.82 bits per heavy atom. The Bertz CT molecular complexity index is 771. The van der Waals surface area contributed by atoms with Crippen molar-refractivity contribution in [2.75, 3.05) is 20.8 Å². The van der Waals surface area contributed by atoms with E-state index in [-0.39, 0.29) is 30.2 Å². The zero-order valence-electron chi connectivity index (χ0n) is 16.5. The van der Waals surface area contributed by atoms with Crippen LogP contribution in [0.25, 0.3) is 0 Å². The fourth-order valence-electron chi connectivity index (χ4n) is 6.22. The molecule has 6 heteroatoms. The molecule has 0 spiro atoms. The Morgan fingerprint density at radius 3 is 2.43 bits per heavy atom. The normalized spacial score (nSPS) is 32.8. The third-order valence-corrected chi connectivity index (χ3v) is 6.74. The molecular formula is C22H28O6. The zero-order chi connectivity index (χ0) is 19.9. The minimum Gasteiger partial charge on any atom is -0.497 e. The summed E-state index contributed by atoms with van der Waals surface area (Å²) in [6.45, 7) is -0.324. The maximum absolute atomic E-state index is 12.6. The van der Waals surface area contributed by atoms with Gasteiger partial charge in [-0.05, 0) is 74.0 Å². The van der Waals surface area contributed by atoms with Crippen LogP contribution in [0.15, 0.2) is 18.2 Å². The Labute approximate surface area is 165 Å². The maximum Gasteiger partial charge on any atom is 0.306 e. The van der Waals surface area contributed by atoms with Gasteiger partial charge in [-0.15, -0.1) is 0 Å². The number of ketones is 1. The summed E-state index contributed by atoms with van der Waals surface area (Å²) in [5.41, 5.74) is -0.431. The van der Waals surface area contributed by atoms with Crippen molar-refractivity contribution in [1.29, 1.82) is 0 Å². The molecule has 4 aliphatic rings. The van der Waals surface area contributed by atoms with Crippen molar-refractivity contribution in [3.63, 3.8) is 0 Å². The molecule has 4 saturated carbocycles. The molecule has 1 N–H and O–H groups in total. The van der Waals surface area contributed by atoms with E-state index in [1.807, 2.05) is 0 Å². The average molecular weight is 388 g/mol. The number of hydrogen-bond acceptors (Lipinski definition) is 6. The molecule has 28 heavy (non-hydrogen) atoms. The van der Waals surface area contributed by atoms with Crippen molar-refractivity contribution >= 4 is 11.8 Å². The maximum atomic E-state index is 12.6. The summed E-state index contributed by atoms with van der Waals surface area (Å²) in [5, 5.41) is 10.8. The first-order valence-electron chi connectivity index (χ1n) is 9.97. The number of hydrogen-bond donors (Lipinski definition) is 1. The van der Waals surface area contributed by atoms with Crippen LogP contribution >= 0.6 is 0 Å². The molecule has 4 atom stereocenters. The van der Waals surface area contributed by atoms with Crippen molar-refractivity contribution < 1.29 is 28.9 Å². The van der Waals surface area contributed by atoms with Crippen molar-refractivity contribution in [2.24, 2.45) is 17.3 Å². The van der Waals surface area contributed by atoms with Crippen LogP contribution in [0.2, 0.25) is 0 Å². The number of carbonyl (C=O) groups is 2. The van der Waals surface area contributed by atoms with Crippen LogP contribution in [-0.2, 0) is 9.53 Å². The second-order valence-corrected chi connectivity index (χ2v) is 9.01. The predicted octanol–water partition coefficient (Wildman–Crippen LogP) is 3.15. The average Bonchev–Trinajstić information content (AvgIpc) is 2.63. The summed E-state index contributed by atoms with van der Waals surface area (Å²) in [6, 6.07) is 4.95. The van der Waals surface area contributed by atoms with Gasteiger partial charge in [-0.2, -0.15) is 0 Å². The molecule has 152 valence electrons. The van der Waals surface area contributed by atoms with Gasteiger partial charge in [-0.1, -0.05) is 0 Å². The lowest BCUT2D eigenvalue weighted by atomic mass is 9.47. The summed E-state index contributed by atoms with van der Waals surface area (Å²) < 4.78 is 15.7. The summed E-state index contributed by atoms with van der Waals surface area (Å²) in [5.74, 6) is 1.31. The van der Waals surface area contributed by atoms with Crippen LogP contribution in [0.3, 0.4) is 0 Å². The van der Waals surface area contributed by atoms with Crippen LogP contribution in [0, 0.1) is 17.3 Å². The molecule has 5 rings (SSSR count). The molecule has 0 aromatic heterocycles. The van der Waals surface area contributed by atoms with Crippen LogP contribution in [0.4, 0.5) is 0 Å². The van der Waals surface area contributed by atoms with E-state index < -0.39 is 5.60 Å². The van der Waals surface area contributed by atoms with Crippen LogP contribution in [0.5, 0.6) is 11.5 Å². The van der Waals surface area contributed by atoms with Gasteiger partial charge < -0.3 is 19.3 Å². The van der Waals surface area contributed by atoms with Crippen LogP contribution in [-0.4, -0.2) is 43.3 Å². The monoisotopic (exact) mass is 388 g/mol. The van der Waals surface area contributed by atoms with E-state index in [1.54, 1.807) is 18.2 Å². The SMILES string of the molecule is COc1ccc(OC)c(C(=O)COC(=O)CC23C[C@@H]4C[C@@H](CC(O)(C4)C2)C3)c1. The molecule has 4 fully saturated rings. The van der Waals surface area contributed by atoms with Gasteiger partial charge in [0.25, 0.3) is 0 Å². The molecule has 1 aromatic carbocycles. The number of Topliss-reactive ketones (excluding diaryl/α,β-unsaturated/α-hetero) is 1. The van der Waals surface area contributed by atoms with Gasteiger partial charge in [0.1, 0.15) is 11.5 Å². The second kappa shape index (κ2) is 7.07. The van der Waals surface area contributed by atoms with Gasteiger partial charge >= 0.3 is 5.97 Å². The second-order valence-electron chi connectivity index (χ2n) is 9.01. The smallest absolute Gasteiger partial charge is 0.306 e. The third-order valence-electron chi connectivity index (χ3n) is 6.74. The molecule has 4 bridgehead atoms. The number of rotatable bonds is 7. The van der Waals surface area contributed by atoms with Gasteiger partial charge in [0.15, 0.2) is 6.61 Å². The van der Waals surface area contributed by atoms with E-state index in [9.17, 15) is 14.7 Å². The molecule has 0 saturated heterocycles. The van der Waals surface area contributed by atoms with Crippen molar-refractivity contribution in [2.45, 2.75) is 50.5 Å². The zero-order valence-corrected chi connectivity index (χ0v) is 16.5. The van der Waals surface area contributed by atoms with Gasteiger partial charge in [0.05, 0.1) is 31.8 Å². The Morgan fingerprint density at radius 1 is 1.11 bits per heavy atom. The van der Waals surface area contributed by atoms with E-state index in [1.165, 1.54) is 20.6 Å². The highest BCUT2D eigenvalue weighted by atomic mass is 16.5. The van der Waals surface area contributed by atoms with Crippen molar-refractivity contribution in [3.05, 3.63) is 23.8 Å². The Balaban J connectivity index is 1.38. The fourth-order valence-corrected chi connectivity index (χ4v) is 6.22. The van der Waals surface area contributed by atoms with Gasteiger partial charge in [0, 0.05) is 0 Å². The summed E-state index contributed by atoms with van der Waals surface area (Å²) >= 11 is 0. The summed E-state index contributed by atoms with van der Waals surface area (Å²) in [7, 11) is 3.01. The predicted molar refractivity (Wildman–Crippen MR) is 102 cm³/mol. The highest BCUT2D eigenvalue weighted by Crippen LogP contribution is 2.62. The van der Waals surface area contributed by atoms with Crippen molar-refractivity contribution in [3.8, 4) is 11.5 Å². The minimum absolute atomic E-state index is 0.160. The standard InChI is InChI=1S/C22H28O6/c1-26-16-3-4-19(27-2)17(6-16)18(23)12-28-20(24)11-21-7-14-5-15(8-21)10-22(25,9-14)13-21/h3-4,6,14-15,25H,5,7-13H2,1-2H3/t14-,15+,21?,22?. The van der Waals surface area contributed by atoms with Crippen molar-refractivity contribution in [1.82, 2.24) is 0 Å². The first-order chi connectivity index (χ1) is 13.3. The quantitative estimate of drug-likeness (QED) is 0.571. The van der Waals surface area contributed by atoms with E-state index >= 15 is 0 Å². The highest BCUT2D eigenvalue weighted by Gasteiger charge is 2.57. The Kier molecular flexibility index (Phi) is 4.86. The molecule has 1 aromatic rings. The summed E-state index contributed by atoms with van der Waals surface area (Å²) in [6.07, 6.45) is 5.85. The number of carbonyl (C=O) groups excluding carboxylic acids is 2. The van der Waals surface area contributed by atoms with Crippen LogP contribution < -0.4 is 9.47 Å². The lowest BCUT2D eigenvalue weighted by Crippen LogP contribution is -2.56. The number of methoxy groups -OCH3 is 2. The molecular weight excluding hydrogens is 360 g/mol. The Hall–Kier alpha value is -2.08. The topological polar surface area (TPSA) is 82.1 Å². The fraction of sp³-hybridized carbons (Fsp3) is 0.636. The first kappa shape index (κ1) is 19.2. The molecule has 6 nitrogen and oxygen atoms in total. The number of aliphatic hydroxyl groups is 1. The van der Waals surface area contributed by atoms with Gasteiger partial charge in [-0.3, -0.25) is 9.59 Å². The highest BCUT2D eigenvalue weighted by molar-refractivity contribution is 6.00. The number of esters is 1. The van der Waals surface area contributed by atoms with E-state index in [4.69, 9.17) is 14.2 Å². The van der Waals surface area contributed by atoms with Gasteiger partial charge in [0.2, 0.25) is 5.78 Å². The molecule has 0 heterocycles. The van der Waals surface area contributed by atoms with E-state index in [0.717, 1.165) is 25.7 Å². The molecule has 0 radical (unpaired) electrons. The number of benzene rings is 1. The first-order valence-corrected chi connectivity index (χ1v) is 9.97. The largest absolute Gasteiger partial charge is 0.497 e. The number of ether oxygens (including phenoxy) is 3.